The van der Waals surface area contributed by atoms with Crippen LogP contribution in [0.25, 0.3) is 0 Å². The molecule has 0 fully saturated rings. The number of benzene rings is 2. The monoisotopic (exact) mass is 306 g/mol. The van der Waals surface area contributed by atoms with E-state index < -0.39 is 5.78 Å². The molecule has 2 aromatic rings. The smallest absolute Gasteiger partial charge is 0.198 e. The van der Waals surface area contributed by atoms with E-state index in [4.69, 9.17) is 23.2 Å². The minimum atomic E-state index is -0.448. The van der Waals surface area contributed by atoms with E-state index in [-0.39, 0.29) is 38.8 Å². The molecule has 0 bridgehead atoms. The van der Waals surface area contributed by atoms with Crippen molar-refractivity contribution in [2.45, 2.75) is 6.92 Å². The fourth-order valence-corrected chi connectivity index (χ4v) is 2.80. The fourth-order valence-electron chi connectivity index (χ4n) is 2.39. The number of carbonyl (C=O) groups excluding carboxylic acids is 2. The van der Waals surface area contributed by atoms with E-state index in [1.807, 2.05) is 0 Å². The van der Waals surface area contributed by atoms with Crippen molar-refractivity contribution < 1.29 is 14.7 Å². The number of carbonyl (C=O) groups is 2. The van der Waals surface area contributed by atoms with Crippen LogP contribution in [-0.4, -0.2) is 16.7 Å². The lowest BCUT2D eigenvalue weighted by Gasteiger charge is -2.20. The summed E-state index contributed by atoms with van der Waals surface area (Å²) in [6.45, 7) is 1.66. The number of halogens is 2. The third kappa shape index (κ3) is 1.67. The number of ketones is 2. The second-order valence-corrected chi connectivity index (χ2v) is 5.44. The highest BCUT2D eigenvalue weighted by molar-refractivity contribution is 6.40. The van der Waals surface area contributed by atoms with Crippen molar-refractivity contribution in [2.24, 2.45) is 0 Å². The Kier molecular flexibility index (Phi) is 2.85. The molecule has 0 heterocycles. The summed E-state index contributed by atoms with van der Waals surface area (Å²) in [6.07, 6.45) is 0. The Labute approximate surface area is 124 Å². The van der Waals surface area contributed by atoms with Crippen LogP contribution >= 0.6 is 23.2 Å². The summed E-state index contributed by atoms with van der Waals surface area (Å²) < 4.78 is 0. The molecule has 0 radical (unpaired) electrons. The molecule has 0 aliphatic heterocycles. The van der Waals surface area contributed by atoms with Gasteiger partial charge in [0.05, 0.1) is 16.1 Å². The molecule has 3 rings (SSSR count). The fraction of sp³-hybridized carbons (Fsp3) is 0.0667. The number of aryl methyl sites for hydroxylation is 1. The predicted molar refractivity (Wildman–Crippen MR) is 76.2 cm³/mol. The standard InChI is InChI=1S/C15H8Cl2O3/c1-6-4-10(18)11-12(13(6)17)14(19)8-3-2-7(16)5-9(8)15(11)20/h2-5,18H,1H3. The number of fused-ring (bicyclic) bond motifs is 2. The Morgan fingerprint density at radius 1 is 0.950 bits per heavy atom. The number of aromatic hydroxyl groups is 1. The van der Waals surface area contributed by atoms with Crippen molar-refractivity contribution >= 4 is 34.8 Å². The molecule has 1 aliphatic rings. The van der Waals surface area contributed by atoms with Gasteiger partial charge in [-0.2, -0.15) is 0 Å². The van der Waals surface area contributed by atoms with Crippen LogP contribution in [0.2, 0.25) is 10.0 Å². The van der Waals surface area contributed by atoms with Crippen LogP contribution in [0.15, 0.2) is 24.3 Å². The van der Waals surface area contributed by atoms with Crippen LogP contribution in [-0.2, 0) is 0 Å². The van der Waals surface area contributed by atoms with Crippen LogP contribution < -0.4 is 0 Å². The van der Waals surface area contributed by atoms with Gasteiger partial charge >= 0.3 is 0 Å². The van der Waals surface area contributed by atoms with Crippen LogP contribution in [0.4, 0.5) is 0 Å². The molecule has 0 unspecified atom stereocenters. The topological polar surface area (TPSA) is 54.4 Å². The van der Waals surface area contributed by atoms with E-state index in [0.717, 1.165) is 0 Å². The Morgan fingerprint density at radius 2 is 1.60 bits per heavy atom. The second kappa shape index (κ2) is 4.33. The van der Waals surface area contributed by atoms with E-state index in [1.54, 1.807) is 13.0 Å². The molecule has 0 amide bonds. The normalized spacial score (nSPS) is 13.2. The van der Waals surface area contributed by atoms with Crippen molar-refractivity contribution in [1.82, 2.24) is 0 Å². The zero-order chi connectivity index (χ0) is 14.6. The Hall–Kier alpha value is -1.84. The predicted octanol–water partition coefficient (Wildman–Crippen LogP) is 3.78. The Morgan fingerprint density at radius 3 is 2.30 bits per heavy atom. The first kappa shape index (κ1) is 13.2. The average molecular weight is 307 g/mol. The molecule has 20 heavy (non-hydrogen) atoms. The molecule has 0 aromatic heterocycles. The van der Waals surface area contributed by atoms with Gasteiger partial charge in [-0.25, -0.2) is 0 Å². The average Bonchev–Trinajstić information content (AvgIpc) is 2.40. The van der Waals surface area contributed by atoms with Crippen molar-refractivity contribution in [1.29, 1.82) is 0 Å². The first-order valence-corrected chi connectivity index (χ1v) is 6.58. The molecule has 1 N–H and O–H groups in total. The Balaban J connectivity index is 2.41. The molecule has 0 atom stereocenters. The highest BCUT2D eigenvalue weighted by Gasteiger charge is 2.34. The van der Waals surface area contributed by atoms with E-state index in [1.165, 1.54) is 18.2 Å². The summed E-state index contributed by atoms with van der Waals surface area (Å²) >= 11 is 12.0. The van der Waals surface area contributed by atoms with Gasteiger partial charge in [-0.05, 0) is 36.8 Å². The van der Waals surface area contributed by atoms with Crippen molar-refractivity contribution in [2.75, 3.05) is 0 Å². The molecule has 3 nitrogen and oxygen atoms in total. The number of rotatable bonds is 0. The molecular weight excluding hydrogens is 299 g/mol. The van der Waals surface area contributed by atoms with Crippen LogP contribution in [0.1, 0.15) is 37.4 Å². The van der Waals surface area contributed by atoms with E-state index >= 15 is 0 Å². The number of hydrogen-bond acceptors (Lipinski definition) is 3. The minimum Gasteiger partial charge on any atom is -0.507 e. The molecule has 100 valence electrons. The van der Waals surface area contributed by atoms with Crippen LogP contribution in [0, 0.1) is 6.92 Å². The van der Waals surface area contributed by atoms with Gasteiger partial charge in [-0.1, -0.05) is 23.2 Å². The van der Waals surface area contributed by atoms with E-state index in [2.05, 4.69) is 0 Å². The lowest BCUT2D eigenvalue weighted by atomic mass is 9.83. The lowest BCUT2D eigenvalue weighted by molar-refractivity contribution is 0.0976. The van der Waals surface area contributed by atoms with Gasteiger partial charge in [-0.3, -0.25) is 9.59 Å². The van der Waals surface area contributed by atoms with Crippen LogP contribution in [0.3, 0.4) is 0 Å². The molecular formula is C15H8Cl2O3. The number of phenolic OH excluding ortho intramolecular Hbond substituents is 1. The van der Waals surface area contributed by atoms with Gasteiger partial charge in [0.25, 0.3) is 0 Å². The molecule has 2 aromatic carbocycles. The number of phenols is 1. The summed E-state index contributed by atoms with van der Waals surface area (Å²) in [5, 5.41) is 10.5. The molecule has 1 aliphatic carbocycles. The SMILES string of the molecule is Cc1cc(O)c2c(c1Cl)C(=O)c1ccc(Cl)cc1C2=O. The maximum absolute atomic E-state index is 12.5. The summed E-state index contributed by atoms with van der Waals surface area (Å²) in [5.74, 6) is -1.07. The molecule has 0 saturated carbocycles. The maximum atomic E-state index is 12.5. The zero-order valence-corrected chi connectivity index (χ0v) is 11.8. The largest absolute Gasteiger partial charge is 0.507 e. The van der Waals surface area contributed by atoms with Gasteiger partial charge in [0.1, 0.15) is 5.75 Å². The summed E-state index contributed by atoms with van der Waals surface area (Å²) in [6, 6.07) is 5.84. The number of hydrogen-bond donors (Lipinski definition) is 1. The highest BCUT2D eigenvalue weighted by Crippen LogP contribution is 2.39. The van der Waals surface area contributed by atoms with Gasteiger partial charge in [0.15, 0.2) is 11.6 Å². The zero-order valence-electron chi connectivity index (χ0n) is 10.3. The molecule has 5 heteroatoms. The van der Waals surface area contributed by atoms with E-state index in [0.29, 0.717) is 10.6 Å². The van der Waals surface area contributed by atoms with Crippen molar-refractivity contribution in [3.05, 3.63) is 62.1 Å². The summed E-state index contributed by atoms with van der Waals surface area (Å²) in [4.78, 5) is 25.0. The van der Waals surface area contributed by atoms with Crippen LogP contribution in [0.5, 0.6) is 5.75 Å². The third-order valence-corrected chi connectivity index (χ3v) is 4.07. The first-order chi connectivity index (χ1) is 9.41. The highest BCUT2D eigenvalue weighted by atomic mass is 35.5. The second-order valence-electron chi connectivity index (χ2n) is 4.62. The van der Waals surface area contributed by atoms with Crippen molar-refractivity contribution in [3.8, 4) is 5.75 Å². The third-order valence-electron chi connectivity index (χ3n) is 3.35. The Bertz CT molecular complexity index is 792. The molecule has 0 saturated heterocycles. The molecule has 0 spiro atoms. The lowest BCUT2D eigenvalue weighted by Crippen LogP contribution is -2.21. The van der Waals surface area contributed by atoms with Crippen molar-refractivity contribution in [3.63, 3.8) is 0 Å². The van der Waals surface area contributed by atoms with Gasteiger partial charge in [-0.15, -0.1) is 0 Å². The maximum Gasteiger partial charge on any atom is 0.198 e. The van der Waals surface area contributed by atoms with E-state index in [9.17, 15) is 14.7 Å². The van der Waals surface area contributed by atoms with Gasteiger partial charge in [0.2, 0.25) is 0 Å². The van der Waals surface area contributed by atoms with Gasteiger partial charge < -0.3 is 5.11 Å². The summed E-state index contributed by atoms with van der Waals surface area (Å²) in [5.41, 5.74) is 0.981. The minimum absolute atomic E-state index is 0.0552. The summed E-state index contributed by atoms with van der Waals surface area (Å²) in [7, 11) is 0. The van der Waals surface area contributed by atoms with Gasteiger partial charge in [0, 0.05) is 16.1 Å². The quantitative estimate of drug-likeness (QED) is 0.687. The first-order valence-electron chi connectivity index (χ1n) is 5.83.